The second-order valence-corrected chi connectivity index (χ2v) is 4.19. The quantitative estimate of drug-likeness (QED) is 0.474. The van der Waals surface area contributed by atoms with E-state index >= 15 is 0 Å². The molecular formula is C13H23N. The van der Waals surface area contributed by atoms with Crippen molar-refractivity contribution in [2.45, 2.75) is 53.4 Å². The summed E-state index contributed by atoms with van der Waals surface area (Å²) in [5.74, 6) is 0. The molecule has 0 saturated heterocycles. The second-order valence-electron chi connectivity index (χ2n) is 4.19. The molecule has 1 N–H and O–H groups in total. The Morgan fingerprint density at radius 1 is 0.929 bits per heavy atom. The largest absolute Gasteiger partial charge is 0.310 e. The van der Waals surface area contributed by atoms with Gasteiger partial charge in [0, 0.05) is 5.71 Å². The van der Waals surface area contributed by atoms with Crippen molar-refractivity contribution in [1.29, 1.82) is 5.41 Å². The summed E-state index contributed by atoms with van der Waals surface area (Å²) in [7, 11) is 0. The minimum absolute atomic E-state index is 0.776. The van der Waals surface area contributed by atoms with Gasteiger partial charge in [0.1, 0.15) is 0 Å². The normalized spacial score (nSPS) is 11.3. The molecule has 0 fully saturated rings. The molecule has 0 aliphatic heterocycles. The van der Waals surface area contributed by atoms with E-state index in [0.717, 1.165) is 31.4 Å². The maximum absolute atomic E-state index is 7.29. The zero-order valence-corrected chi connectivity index (χ0v) is 9.98. The lowest BCUT2D eigenvalue weighted by Crippen LogP contribution is -1.86. The molecule has 80 valence electrons. The third-order valence-electron chi connectivity index (χ3n) is 2.10. The lowest BCUT2D eigenvalue weighted by Gasteiger charge is -1.99. The van der Waals surface area contributed by atoms with E-state index in [1.807, 2.05) is 6.92 Å². The van der Waals surface area contributed by atoms with Crippen molar-refractivity contribution in [3.63, 3.8) is 0 Å². The molecule has 0 bridgehead atoms. The predicted molar refractivity (Wildman–Crippen MR) is 65.1 cm³/mol. The van der Waals surface area contributed by atoms with E-state index in [1.54, 1.807) is 0 Å². The molecule has 0 saturated carbocycles. The third-order valence-corrected chi connectivity index (χ3v) is 2.10. The first kappa shape index (κ1) is 13.2. The number of allylic oxidation sites excluding steroid dienone is 4. The molecule has 0 heterocycles. The van der Waals surface area contributed by atoms with E-state index in [9.17, 15) is 0 Å². The lowest BCUT2D eigenvalue weighted by molar-refractivity contribution is 0.941. The molecule has 1 nitrogen and oxygen atoms in total. The summed E-state index contributed by atoms with van der Waals surface area (Å²) < 4.78 is 0. The van der Waals surface area contributed by atoms with Crippen LogP contribution in [0.3, 0.4) is 0 Å². The van der Waals surface area contributed by atoms with Crippen LogP contribution in [0.15, 0.2) is 23.3 Å². The van der Waals surface area contributed by atoms with Crippen LogP contribution in [0.1, 0.15) is 53.4 Å². The van der Waals surface area contributed by atoms with Gasteiger partial charge in [0.05, 0.1) is 0 Å². The summed E-state index contributed by atoms with van der Waals surface area (Å²) in [5, 5.41) is 7.29. The highest BCUT2D eigenvalue weighted by molar-refractivity contribution is 5.78. The fourth-order valence-corrected chi connectivity index (χ4v) is 1.23. The fraction of sp³-hybridized carbons (Fsp3) is 0.615. The van der Waals surface area contributed by atoms with E-state index in [2.05, 4.69) is 32.9 Å². The van der Waals surface area contributed by atoms with Gasteiger partial charge < -0.3 is 5.41 Å². The summed E-state index contributed by atoms with van der Waals surface area (Å²) in [5.41, 5.74) is 3.62. The van der Waals surface area contributed by atoms with Crippen LogP contribution in [0.4, 0.5) is 0 Å². The van der Waals surface area contributed by atoms with Crippen LogP contribution in [0.5, 0.6) is 0 Å². The zero-order valence-electron chi connectivity index (χ0n) is 9.98. The first-order chi connectivity index (χ1) is 6.52. The molecule has 0 spiro atoms. The van der Waals surface area contributed by atoms with Crippen molar-refractivity contribution in [3.8, 4) is 0 Å². The van der Waals surface area contributed by atoms with E-state index < -0.39 is 0 Å². The maximum atomic E-state index is 7.29. The summed E-state index contributed by atoms with van der Waals surface area (Å²) in [4.78, 5) is 0. The van der Waals surface area contributed by atoms with Crippen molar-refractivity contribution in [3.05, 3.63) is 23.3 Å². The smallest absolute Gasteiger partial charge is 0.00613 e. The molecule has 0 aromatic rings. The zero-order chi connectivity index (χ0) is 11.0. The van der Waals surface area contributed by atoms with Crippen LogP contribution in [0, 0.1) is 5.41 Å². The van der Waals surface area contributed by atoms with Gasteiger partial charge in [0.25, 0.3) is 0 Å². The number of hydrogen-bond donors (Lipinski definition) is 1. The van der Waals surface area contributed by atoms with Crippen LogP contribution >= 0.6 is 0 Å². The topological polar surface area (TPSA) is 23.9 Å². The standard InChI is InChI=1S/C13H23N/c1-11(2)7-5-8-12(3)9-6-10-13(4)14/h7,9,14H,5-6,8,10H2,1-4H3. The van der Waals surface area contributed by atoms with Gasteiger partial charge in [0.15, 0.2) is 0 Å². The molecule has 0 aromatic heterocycles. The van der Waals surface area contributed by atoms with Crippen molar-refractivity contribution >= 4 is 5.71 Å². The van der Waals surface area contributed by atoms with Crippen LogP contribution < -0.4 is 0 Å². The molecule has 14 heavy (non-hydrogen) atoms. The fourth-order valence-electron chi connectivity index (χ4n) is 1.23. The third kappa shape index (κ3) is 9.24. The average Bonchev–Trinajstić information content (AvgIpc) is 2.02. The van der Waals surface area contributed by atoms with E-state index in [4.69, 9.17) is 5.41 Å². The minimum atomic E-state index is 0.776. The Kier molecular flexibility index (Phi) is 7.09. The van der Waals surface area contributed by atoms with Crippen LogP contribution in [-0.4, -0.2) is 5.71 Å². The summed E-state index contributed by atoms with van der Waals surface area (Å²) >= 11 is 0. The highest BCUT2D eigenvalue weighted by Crippen LogP contribution is 2.08. The average molecular weight is 193 g/mol. The molecule has 0 aliphatic rings. The van der Waals surface area contributed by atoms with Crippen molar-refractivity contribution < 1.29 is 0 Å². The SMILES string of the molecule is CC(=N)CCC=C(C)CCC=C(C)C. The molecule has 0 atom stereocenters. The van der Waals surface area contributed by atoms with Gasteiger partial charge in [-0.25, -0.2) is 0 Å². The Balaban J connectivity index is 3.67. The van der Waals surface area contributed by atoms with E-state index in [1.165, 1.54) is 11.1 Å². The molecule has 0 unspecified atom stereocenters. The number of nitrogens with one attached hydrogen (secondary N) is 1. The molecule has 0 rings (SSSR count). The second kappa shape index (κ2) is 7.54. The van der Waals surface area contributed by atoms with Crippen LogP contribution in [0.2, 0.25) is 0 Å². The highest BCUT2D eigenvalue weighted by Gasteiger charge is 1.90. The van der Waals surface area contributed by atoms with Crippen molar-refractivity contribution in [1.82, 2.24) is 0 Å². The summed E-state index contributed by atoms with van der Waals surface area (Å²) in [6, 6.07) is 0. The Bertz CT molecular complexity index is 230. The van der Waals surface area contributed by atoms with Gasteiger partial charge in [-0.1, -0.05) is 23.3 Å². The first-order valence-electron chi connectivity index (χ1n) is 5.35. The van der Waals surface area contributed by atoms with Gasteiger partial charge in [0.2, 0.25) is 0 Å². The summed E-state index contributed by atoms with van der Waals surface area (Å²) in [6.45, 7) is 8.32. The molecular weight excluding hydrogens is 170 g/mol. The van der Waals surface area contributed by atoms with Gasteiger partial charge in [-0.3, -0.25) is 0 Å². The van der Waals surface area contributed by atoms with E-state index in [0.29, 0.717) is 0 Å². The Morgan fingerprint density at radius 3 is 2.00 bits per heavy atom. The Morgan fingerprint density at radius 2 is 1.50 bits per heavy atom. The van der Waals surface area contributed by atoms with Gasteiger partial charge in [-0.2, -0.15) is 0 Å². The molecule has 0 amide bonds. The maximum Gasteiger partial charge on any atom is 0.00613 e. The minimum Gasteiger partial charge on any atom is -0.310 e. The number of rotatable bonds is 6. The first-order valence-corrected chi connectivity index (χ1v) is 5.35. The Hall–Kier alpha value is -0.850. The van der Waals surface area contributed by atoms with Crippen LogP contribution in [-0.2, 0) is 0 Å². The molecule has 0 aliphatic carbocycles. The monoisotopic (exact) mass is 193 g/mol. The lowest BCUT2D eigenvalue weighted by atomic mass is 10.1. The predicted octanol–water partition coefficient (Wildman–Crippen LogP) is 4.50. The number of hydrogen-bond acceptors (Lipinski definition) is 1. The van der Waals surface area contributed by atoms with E-state index in [-0.39, 0.29) is 0 Å². The Labute approximate surface area is 88.4 Å². The molecule has 1 heteroatoms. The highest BCUT2D eigenvalue weighted by atomic mass is 14.4. The van der Waals surface area contributed by atoms with Crippen molar-refractivity contribution in [2.75, 3.05) is 0 Å². The van der Waals surface area contributed by atoms with Gasteiger partial charge in [-0.15, -0.1) is 0 Å². The summed E-state index contributed by atoms with van der Waals surface area (Å²) in [6.07, 6.45) is 8.77. The molecule has 0 aromatic carbocycles. The van der Waals surface area contributed by atoms with Gasteiger partial charge in [-0.05, 0) is 53.4 Å². The van der Waals surface area contributed by atoms with Gasteiger partial charge >= 0.3 is 0 Å². The van der Waals surface area contributed by atoms with Crippen molar-refractivity contribution in [2.24, 2.45) is 0 Å². The molecule has 0 radical (unpaired) electrons. The van der Waals surface area contributed by atoms with Crippen LogP contribution in [0.25, 0.3) is 0 Å².